The van der Waals surface area contributed by atoms with Gasteiger partial charge in [0, 0.05) is 29.0 Å². The quantitative estimate of drug-likeness (QED) is 0.142. The van der Waals surface area contributed by atoms with Crippen molar-refractivity contribution in [2.45, 2.75) is 39.8 Å². The molecule has 8 N–H and O–H groups in total. The van der Waals surface area contributed by atoms with Gasteiger partial charge in [0.1, 0.15) is 5.84 Å². The van der Waals surface area contributed by atoms with Crippen molar-refractivity contribution < 1.29 is 24.2 Å². The van der Waals surface area contributed by atoms with Gasteiger partial charge >= 0.3 is 5.97 Å². The van der Waals surface area contributed by atoms with Crippen LogP contribution < -0.4 is 31.6 Å². The third-order valence-corrected chi connectivity index (χ3v) is 5.67. The van der Waals surface area contributed by atoms with Crippen molar-refractivity contribution in [3.05, 3.63) is 82.4 Å². The van der Waals surface area contributed by atoms with Gasteiger partial charge in [0.05, 0.1) is 11.7 Å². The number of carbonyl (C=O) groups is 2. The molecule has 206 valence electrons. The number of nitrogens with one attached hydrogen (secondary N) is 3. The molecule has 0 atom stereocenters. The van der Waals surface area contributed by atoms with Crippen molar-refractivity contribution in [3.63, 3.8) is 0 Å². The predicted molar refractivity (Wildman–Crippen MR) is 152 cm³/mol. The van der Waals surface area contributed by atoms with Crippen molar-refractivity contribution in [2.24, 2.45) is 11.5 Å². The largest absolute Gasteiger partial charge is 0.487 e. The lowest BCUT2D eigenvalue weighted by Crippen LogP contribution is -2.17. The Morgan fingerprint density at radius 2 is 1.79 bits per heavy atom. The average Bonchev–Trinajstić information content (AvgIpc) is 2.87. The predicted octanol–water partition coefficient (Wildman–Crippen LogP) is 3.90. The summed E-state index contributed by atoms with van der Waals surface area (Å²) in [7, 11) is 0. The minimum Gasteiger partial charge on any atom is -0.487 e. The molecule has 0 heterocycles. The zero-order valence-corrected chi connectivity index (χ0v) is 22.3. The molecule has 0 fully saturated rings. The van der Waals surface area contributed by atoms with E-state index in [2.05, 4.69) is 10.6 Å². The van der Waals surface area contributed by atoms with Gasteiger partial charge in [-0.3, -0.25) is 10.2 Å². The number of nitrogen functional groups attached to an aromatic ring is 1. The first kappa shape index (κ1) is 29.0. The number of rotatable bonds is 13. The highest BCUT2D eigenvalue weighted by Crippen LogP contribution is 2.35. The fourth-order valence-corrected chi connectivity index (χ4v) is 3.93. The van der Waals surface area contributed by atoms with Gasteiger partial charge in [-0.05, 0) is 87.8 Å². The molecule has 0 aromatic heterocycles. The Morgan fingerprint density at radius 3 is 2.41 bits per heavy atom. The lowest BCUT2D eigenvalue weighted by Gasteiger charge is -2.20. The van der Waals surface area contributed by atoms with Gasteiger partial charge in [0.2, 0.25) is 0 Å². The van der Waals surface area contributed by atoms with Crippen LogP contribution in [0.15, 0.2) is 54.6 Å². The molecule has 1 amide bonds. The maximum atomic E-state index is 13.2. The Labute approximate surface area is 227 Å². The van der Waals surface area contributed by atoms with Crippen molar-refractivity contribution in [1.82, 2.24) is 0 Å². The first-order chi connectivity index (χ1) is 18.6. The Kier molecular flexibility index (Phi) is 9.88. The molecule has 0 aliphatic rings. The summed E-state index contributed by atoms with van der Waals surface area (Å²) in [5.41, 5.74) is 15.9. The minimum absolute atomic E-state index is 0.0535. The maximum Gasteiger partial charge on any atom is 0.341 e. The van der Waals surface area contributed by atoms with E-state index in [1.54, 1.807) is 30.3 Å². The van der Waals surface area contributed by atoms with Crippen molar-refractivity contribution in [3.8, 4) is 11.5 Å². The first-order valence-electron chi connectivity index (χ1n) is 12.5. The molecule has 3 rings (SSSR count). The number of carboxylic acid groups (broad SMARTS) is 1. The van der Waals surface area contributed by atoms with Gasteiger partial charge in [0.15, 0.2) is 18.1 Å². The summed E-state index contributed by atoms with van der Waals surface area (Å²) in [6.07, 6.45) is 0.435. The van der Waals surface area contributed by atoms with Crippen LogP contribution in [0.5, 0.6) is 11.5 Å². The molecule has 10 heteroatoms. The van der Waals surface area contributed by atoms with Crippen LogP contribution in [0.2, 0.25) is 0 Å². The van der Waals surface area contributed by atoms with E-state index in [4.69, 9.17) is 26.4 Å². The summed E-state index contributed by atoms with van der Waals surface area (Å²) in [5, 5.41) is 22.9. The molecule has 0 bridgehead atoms. The lowest BCUT2D eigenvalue weighted by atomic mass is 10.0. The molecule has 0 saturated heterocycles. The molecule has 39 heavy (non-hydrogen) atoms. The van der Waals surface area contributed by atoms with E-state index in [-0.39, 0.29) is 24.4 Å². The highest BCUT2D eigenvalue weighted by atomic mass is 16.5. The van der Waals surface area contributed by atoms with E-state index < -0.39 is 12.6 Å². The second-order valence-corrected chi connectivity index (χ2v) is 9.32. The SMILES string of the molecule is Cc1ccc(NCc2cc(CCN)cc(OC(C)C)c2OCC(=O)O)c(C(=O)Nc2ccc(C(=N)N)cc2)c1. The number of hydrogen-bond donors (Lipinski definition) is 6. The number of carboxylic acids is 1. The van der Waals surface area contributed by atoms with Crippen LogP contribution in [0.25, 0.3) is 0 Å². The Balaban J connectivity index is 1.91. The molecule has 0 unspecified atom stereocenters. The lowest BCUT2D eigenvalue weighted by molar-refractivity contribution is -0.139. The van der Waals surface area contributed by atoms with Crippen LogP contribution in [-0.4, -0.2) is 42.1 Å². The number of nitrogens with two attached hydrogens (primary N) is 2. The van der Waals surface area contributed by atoms with Crippen molar-refractivity contribution in [1.29, 1.82) is 5.41 Å². The molecule has 10 nitrogen and oxygen atoms in total. The number of hydrogen-bond acceptors (Lipinski definition) is 7. The smallest absolute Gasteiger partial charge is 0.341 e. The zero-order valence-electron chi connectivity index (χ0n) is 22.3. The highest BCUT2D eigenvalue weighted by Gasteiger charge is 2.18. The van der Waals surface area contributed by atoms with Crippen LogP contribution in [0.3, 0.4) is 0 Å². The van der Waals surface area contributed by atoms with Crippen LogP contribution >= 0.6 is 0 Å². The maximum absolute atomic E-state index is 13.2. The van der Waals surface area contributed by atoms with E-state index in [0.29, 0.717) is 52.5 Å². The molecule has 0 aliphatic carbocycles. The summed E-state index contributed by atoms with van der Waals surface area (Å²) >= 11 is 0. The van der Waals surface area contributed by atoms with Crippen LogP contribution in [-0.2, 0) is 17.8 Å². The van der Waals surface area contributed by atoms with Crippen LogP contribution in [0.1, 0.15) is 46.5 Å². The number of ether oxygens (including phenoxy) is 2. The minimum atomic E-state index is -1.11. The summed E-state index contributed by atoms with van der Waals surface area (Å²) in [6, 6.07) is 15.9. The third kappa shape index (κ3) is 8.21. The topological polar surface area (TPSA) is 173 Å². The second kappa shape index (κ2) is 13.3. The van der Waals surface area contributed by atoms with Gasteiger partial charge in [-0.1, -0.05) is 11.6 Å². The fraction of sp³-hybridized carbons (Fsp3) is 0.276. The monoisotopic (exact) mass is 533 g/mol. The number of benzene rings is 3. The Morgan fingerprint density at radius 1 is 1.08 bits per heavy atom. The molecule has 0 spiro atoms. The van der Waals surface area contributed by atoms with Crippen LogP contribution in [0, 0.1) is 12.3 Å². The number of anilines is 2. The van der Waals surface area contributed by atoms with Crippen molar-refractivity contribution >= 4 is 29.1 Å². The number of amidine groups is 1. The van der Waals surface area contributed by atoms with E-state index in [9.17, 15) is 14.7 Å². The summed E-state index contributed by atoms with van der Waals surface area (Å²) in [6.45, 7) is 5.78. The zero-order chi connectivity index (χ0) is 28.5. The van der Waals surface area contributed by atoms with Gasteiger partial charge in [-0.2, -0.15) is 0 Å². The normalized spacial score (nSPS) is 10.7. The molecule has 0 saturated carbocycles. The molecule has 0 aliphatic heterocycles. The Hall–Kier alpha value is -4.57. The average molecular weight is 534 g/mol. The molecular formula is C29H35N5O5. The van der Waals surface area contributed by atoms with Gasteiger partial charge in [0.25, 0.3) is 5.91 Å². The molecular weight excluding hydrogens is 498 g/mol. The first-order valence-corrected chi connectivity index (χ1v) is 12.5. The number of aryl methyl sites for hydroxylation is 1. The Bertz CT molecular complexity index is 1340. The molecule has 3 aromatic carbocycles. The fourth-order valence-electron chi connectivity index (χ4n) is 3.93. The van der Waals surface area contributed by atoms with E-state index in [1.165, 1.54) is 0 Å². The van der Waals surface area contributed by atoms with Crippen molar-refractivity contribution in [2.75, 3.05) is 23.8 Å². The van der Waals surface area contributed by atoms with Gasteiger partial charge < -0.3 is 36.7 Å². The summed E-state index contributed by atoms with van der Waals surface area (Å²) in [5.74, 6) is -0.723. The molecule has 0 radical (unpaired) electrons. The molecule has 3 aromatic rings. The highest BCUT2D eigenvalue weighted by molar-refractivity contribution is 6.08. The van der Waals surface area contributed by atoms with E-state index >= 15 is 0 Å². The van der Waals surface area contributed by atoms with Gasteiger partial charge in [-0.25, -0.2) is 4.79 Å². The number of aliphatic carboxylic acids is 1. The summed E-state index contributed by atoms with van der Waals surface area (Å²) in [4.78, 5) is 24.5. The second-order valence-electron chi connectivity index (χ2n) is 9.32. The number of carbonyl (C=O) groups excluding carboxylic acids is 1. The number of amides is 1. The van der Waals surface area contributed by atoms with Gasteiger partial charge in [-0.15, -0.1) is 0 Å². The summed E-state index contributed by atoms with van der Waals surface area (Å²) < 4.78 is 11.6. The van der Waals surface area contributed by atoms with E-state index in [1.807, 2.05) is 45.0 Å². The standard InChI is InChI=1S/C29H35N5O5/c1-17(2)39-25-14-19(10-11-30)13-21(27(25)38-16-26(35)36)15-33-24-9-4-18(3)12-23(24)29(37)34-22-7-5-20(6-8-22)28(31)32/h4-9,12-14,17,33H,10-11,15-16,30H2,1-3H3,(H3,31,32)(H,34,37)(H,35,36). The third-order valence-electron chi connectivity index (χ3n) is 5.67. The van der Waals surface area contributed by atoms with E-state index in [0.717, 1.165) is 11.1 Å². The van der Waals surface area contributed by atoms with Crippen LogP contribution in [0.4, 0.5) is 11.4 Å².